The fourth-order valence-corrected chi connectivity index (χ4v) is 5.62. The second kappa shape index (κ2) is 26.4. The first kappa shape index (κ1) is 43.3. The third-order valence-corrected chi connectivity index (χ3v) is 8.98. The van der Waals surface area contributed by atoms with Gasteiger partial charge in [0.2, 0.25) is 0 Å². The largest absolute Gasteiger partial charge is 0.494 e. The molecule has 298 valence electrons. The number of hydrogen-bond donors (Lipinski definition) is 0. The minimum absolute atomic E-state index is 0.330. The van der Waals surface area contributed by atoms with Crippen LogP contribution in [0.1, 0.15) is 124 Å². The Labute approximate surface area is 332 Å². The SMILES string of the molecule is CCCCCOc1ccc(N=Nc2ccc(C(=O)OCCCCCCCCCCOC(=O)c3ccc(N=Nc4ccc(OCCCCC)cc4)cc3)cc2)cc1. The third kappa shape index (κ3) is 17.4. The van der Waals surface area contributed by atoms with Crippen molar-refractivity contribution in [3.63, 3.8) is 0 Å². The second-order valence-electron chi connectivity index (χ2n) is 13.7. The van der Waals surface area contributed by atoms with Crippen molar-refractivity contribution in [2.24, 2.45) is 20.5 Å². The van der Waals surface area contributed by atoms with Crippen molar-refractivity contribution < 1.29 is 28.5 Å². The smallest absolute Gasteiger partial charge is 0.338 e. The third-order valence-electron chi connectivity index (χ3n) is 8.98. The van der Waals surface area contributed by atoms with E-state index >= 15 is 0 Å². The Hall–Kier alpha value is -5.38. The summed E-state index contributed by atoms with van der Waals surface area (Å²) in [6.45, 7) is 6.59. The summed E-state index contributed by atoms with van der Waals surface area (Å²) in [5.74, 6) is 0.998. The van der Waals surface area contributed by atoms with Crippen LogP contribution in [-0.4, -0.2) is 38.4 Å². The molecule has 0 bridgehead atoms. The van der Waals surface area contributed by atoms with Crippen LogP contribution in [0.4, 0.5) is 22.7 Å². The maximum absolute atomic E-state index is 12.5. The maximum atomic E-state index is 12.5. The van der Waals surface area contributed by atoms with Crippen molar-refractivity contribution in [2.75, 3.05) is 26.4 Å². The predicted octanol–water partition coefficient (Wildman–Crippen LogP) is 13.8. The van der Waals surface area contributed by atoms with Gasteiger partial charge in [-0.05, 0) is 123 Å². The average molecular weight is 763 g/mol. The molecule has 4 rings (SSSR count). The fraction of sp³-hybridized carbons (Fsp3) is 0.435. The van der Waals surface area contributed by atoms with E-state index in [1.165, 1.54) is 25.7 Å². The van der Waals surface area contributed by atoms with Crippen LogP contribution in [0.3, 0.4) is 0 Å². The normalized spacial score (nSPS) is 11.2. The van der Waals surface area contributed by atoms with Crippen molar-refractivity contribution >= 4 is 34.7 Å². The topological polar surface area (TPSA) is 121 Å². The number of nitrogens with zero attached hydrogens (tertiary/aromatic N) is 4. The van der Waals surface area contributed by atoms with E-state index in [1.54, 1.807) is 48.5 Å². The van der Waals surface area contributed by atoms with Crippen molar-refractivity contribution in [2.45, 2.75) is 104 Å². The maximum Gasteiger partial charge on any atom is 0.338 e. The Kier molecular flexibility index (Phi) is 20.5. The molecule has 10 nitrogen and oxygen atoms in total. The van der Waals surface area contributed by atoms with Crippen LogP contribution in [0, 0.1) is 0 Å². The Bertz CT molecular complexity index is 1610. The van der Waals surface area contributed by atoms with Gasteiger partial charge in [-0.1, -0.05) is 78.1 Å². The van der Waals surface area contributed by atoms with Gasteiger partial charge in [0.15, 0.2) is 0 Å². The summed E-state index contributed by atoms with van der Waals surface area (Å²) in [5.41, 5.74) is 3.77. The molecule has 0 aromatic heterocycles. The van der Waals surface area contributed by atoms with Crippen molar-refractivity contribution in [3.8, 4) is 11.5 Å². The Morgan fingerprint density at radius 3 is 0.982 bits per heavy atom. The summed E-state index contributed by atoms with van der Waals surface area (Å²) in [7, 11) is 0. The van der Waals surface area contributed by atoms with E-state index in [1.807, 2.05) is 48.5 Å². The summed E-state index contributed by atoms with van der Waals surface area (Å²) < 4.78 is 22.4. The van der Waals surface area contributed by atoms with Crippen LogP contribution < -0.4 is 9.47 Å². The zero-order chi connectivity index (χ0) is 39.5. The highest BCUT2D eigenvalue weighted by atomic mass is 16.5. The van der Waals surface area contributed by atoms with Crippen molar-refractivity contribution in [1.82, 2.24) is 0 Å². The summed E-state index contributed by atoms with van der Waals surface area (Å²) in [4.78, 5) is 24.9. The molecule has 0 atom stereocenters. The number of benzene rings is 4. The van der Waals surface area contributed by atoms with Crippen LogP contribution in [0.2, 0.25) is 0 Å². The monoisotopic (exact) mass is 762 g/mol. The van der Waals surface area contributed by atoms with Crippen molar-refractivity contribution in [3.05, 3.63) is 108 Å². The molecular weight excluding hydrogens is 705 g/mol. The number of esters is 2. The van der Waals surface area contributed by atoms with E-state index in [0.717, 1.165) is 100 Å². The molecule has 0 aliphatic heterocycles. The second-order valence-corrected chi connectivity index (χ2v) is 13.7. The van der Waals surface area contributed by atoms with E-state index in [9.17, 15) is 9.59 Å². The van der Waals surface area contributed by atoms with Gasteiger partial charge in [0.25, 0.3) is 0 Å². The highest BCUT2D eigenvalue weighted by Crippen LogP contribution is 2.24. The number of unbranched alkanes of at least 4 members (excludes halogenated alkanes) is 11. The Morgan fingerprint density at radius 1 is 0.375 bits per heavy atom. The fourth-order valence-electron chi connectivity index (χ4n) is 5.62. The van der Waals surface area contributed by atoms with Crippen LogP contribution in [-0.2, 0) is 9.47 Å². The van der Waals surface area contributed by atoms with Gasteiger partial charge < -0.3 is 18.9 Å². The van der Waals surface area contributed by atoms with Crippen LogP contribution >= 0.6 is 0 Å². The molecule has 0 aliphatic carbocycles. The number of hydrogen-bond acceptors (Lipinski definition) is 10. The summed E-state index contributed by atoms with van der Waals surface area (Å²) >= 11 is 0. The molecule has 0 aliphatic rings. The molecule has 4 aromatic rings. The molecule has 0 radical (unpaired) electrons. The van der Waals surface area contributed by atoms with E-state index in [4.69, 9.17) is 18.9 Å². The van der Waals surface area contributed by atoms with Crippen LogP contribution in [0.15, 0.2) is 118 Å². The lowest BCUT2D eigenvalue weighted by atomic mass is 10.1. The molecule has 0 amide bonds. The number of ether oxygens (including phenoxy) is 4. The molecule has 56 heavy (non-hydrogen) atoms. The zero-order valence-corrected chi connectivity index (χ0v) is 33.2. The van der Waals surface area contributed by atoms with Crippen LogP contribution in [0.25, 0.3) is 0 Å². The minimum Gasteiger partial charge on any atom is -0.494 e. The number of carbonyl (C=O) groups excluding carboxylic acids is 2. The lowest BCUT2D eigenvalue weighted by Gasteiger charge is -2.06. The first-order valence-corrected chi connectivity index (χ1v) is 20.4. The molecule has 0 saturated carbocycles. The molecule has 0 saturated heterocycles. The molecule has 0 spiro atoms. The van der Waals surface area contributed by atoms with Gasteiger partial charge in [-0.15, -0.1) is 0 Å². The van der Waals surface area contributed by atoms with Gasteiger partial charge in [-0.25, -0.2) is 9.59 Å². The summed E-state index contributed by atoms with van der Waals surface area (Å²) in [6, 6.07) is 29.0. The molecule has 4 aromatic carbocycles. The standard InChI is InChI=1S/C46H58N4O6/c1-3-5-13-33-53-43-29-25-41(26-30-43)49-47-39-21-17-37(18-22-39)45(51)55-35-15-11-9-7-8-10-12-16-36-56-46(52)38-19-23-40(24-20-38)48-50-42-27-31-44(32-28-42)54-34-14-6-4-2/h17-32H,3-16,33-36H2,1-2H3. The van der Waals surface area contributed by atoms with E-state index in [0.29, 0.717) is 35.7 Å². The first-order valence-electron chi connectivity index (χ1n) is 20.4. The number of rotatable bonds is 27. The van der Waals surface area contributed by atoms with Gasteiger partial charge in [0.1, 0.15) is 11.5 Å². The Morgan fingerprint density at radius 2 is 0.661 bits per heavy atom. The lowest BCUT2D eigenvalue weighted by molar-refractivity contribution is 0.0487. The quantitative estimate of drug-likeness (QED) is 0.0339. The highest BCUT2D eigenvalue weighted by molar-refractivity contribution is 5.90. The molecule has 0 N–H and O–H groups in total. The van der Waals surface area contributed by atoms with Gasteiger partial charge >= 0.3 is 11.9 Å². The van der Waals surface area contributed by atoms with Gasteiger partial charge in [0, 0.05) is 0 Å². The van der Waals surface area contributed by atoms with E-state index < -0.39 is 0 Å². The highest BCUT2D eigenvalue weighted by Gasteiger charge is 2.08. The minimum atomic E-state index is -0.330. The van der Waals surface area contributed by atoms with Gasteiger partial charge in [-0.3, -0.25) is 0 Å². The predicted molar refractivity (Wildman–Crippen MR) is 222 cm³/mol. The molecule has 0 unspecified atom stereocenters. The van der Waals surface area contributed by atoms with Gasteiger partial charge in [-0.2, -0.15) is 20.5 Å². The van der Waals surface area contributed by atoms with E-state index in [-0.39, 0.29) is 11.9 Å². The van der Waals surface area contributed by atoms with E-state index in [2.05, 4.69) is 34.3 Å². The molecular formula is C46H58N4O6. The number of azo groups is 2. The molecule has 10 heteroatoms. The molecule has 0 heterocycles. The summed E-state index contributed by atoms with van der Waals surface area (Å²) in [6.07, 6.45) is 14.9. The lowest BCUT2D eigenvalue weighted by Crippen LogP contribution is -2.06. The Balaban J connectivity index is 0.979. The average Bonchev–Trinajstić information content (AvgIpc) is 3.24. The zero-order valence-electron chi connectivity index (χ0n) is 33.2. The summed E-state index contributed by atoms with van der Waals surface area (Å²) in [5, 5.41) is 17.1. The van der Waals surface area contributed by atoms with Gasteiger partial charge in [0.05, 0.1) is 60.3 Å². The van der Waals surface area contributed by atoms with Crippen LogP contribution in [0.5, 0.6) is 11.5 Å². The first-order chi connectivity index (χ1) is 27.5. The van der Waals surface area contributed by atoms with Crippen molar-refractivity contribution in [1.29, 1.82) is 0 Å². The molecule has 0 fully saturated rings. The number of carbonyl (C=O) groups is 2.